The molecule has 190 valence electrons. The van der Waals surface area contributed by atoms with E-state index < -0.39 is 50.2 Å². The number of rotatable bonds is 4. The molecular formula is C24H18Cl2F5N3O2. The molecule has 0 aromatic heterocycles. The first-order chi connectivity index (χ1) is 16.6. The minimum atomic E-state index is -4.98. The fourth-order valence-electron chi connectivity index (χ4n) is 4.03. The Labute approximate surface area is 213 Å². The van der Waals surface area contributed by atoms with Gasteiger partial charge in [0.2, 0.25) is 11.5 Å². The van der Waals surface area contributed by atoms with E-state index in [9.17, 15) is 22.4 Å². The smallest absolute Gasteiger partial charge is 0.334 e. The van der Waals surface area contributed by atoms with Crippen molar-refractivity contribution in [3.05, 3.63) is 75.0 Å². The predicted molar refractivity (Wildman–Crippen MR) is 122 cm³/mol. The van der Waals surface area contributed by atoms with Gasteiger partial charge in [-0.05, 0) is 43.2 Å². The molecule has 0 spiro atoms. The summed E-state index contributed by atoms with van der Waals surface area (Å²) >= 11 is 11.4. The normalized spacial score (nSPS) is 21.3. The maximum Gasteiger partial charge on any atom is 0.428 e. The van der Waals surface area contributed by atoms with Gasteiger partial charge in [-0.2, -0.15) is 18.4 Å². The van der Waals surface area contributed by atoms with Gasteiger partial charge in [-0.1, -0.05) is 47.5 Å². The zero-order chi connectivity index (χ0) is 26.7. The molecule has 2 heterocycles. The number of carbonyl (C=O) groups is 1. The molecule has 2 aliphatic heterocycles. The molecule has 0 aliphatic carbocycles. The highest BCUT2D eigenvalue weighted by molar-refractivity contribution is 6.35. The summed E-state index contributed by atoms with van der Waals surface area (Å²) in [5, 5.41) is 7.90. The van der Waals surface area contributed by atoms with Crippen LogP contribution in [0.2, 0.25) is 10.0 Å². The zero-order valence-corrected chi connectivity index (χ0v) is 20.3. The summed E-state index contributed by atoms with van der Waals surface area (Å²) < 4.78 is 71.6. The molecule has 1 unspecified atom stereocenters. The van der Waals surface area contributed by atoms with E-state index in [-0.39, 0.29) is 29.9 Å². The Morgan fingerprint density at radius 1 is 1.11 bits per heavy atom. The van der Waals surface area contributed by atoms with Crippen LogP contribution >= 0.6 is 23.2 Å². The third-order valence-corrected chi connectivity index (χ3v) is 6.75. The molecule has 12 heteroatoms. The van der Waals surface area contributed by atoms with Gasteiger partial charge >= 0.3 is 6.18 Å². The standard InChI is InChI=1S/C24H18Cl2F5N3O2/c1-21(2,10-32)20(35)34-11-22(28,12-34)14-5-3-13(4-6-14)18-9-23(36-33-18,24(29,30)31)15-7-16(25)19(27)17(26)8-15/h3-9,33H,11-12H2,1-2H3. The molecule has 5 nitrogen and oxygen atoms in total. The molecule has 0 saturated carbocycles. The number of carbonyl (C=O) groups excluding carboxylic acids is 1. The Hall–Kier alpha value is -2.87. The second-order valence-electron chi connectivity index (χ2n) is 9.19. The Balaban J connectivity index is 1.60. The highest BCUT2D eigenvalue weighted by atomic mass is 35.5. The van der Waals surface area contributed by atoms with Crippen molar-refractivity contribution in [1.82, 2.24) is 10.4 Å². The van der Waals surface area contributed by atoms with E-state index in [4.69, 9.17) is 33.3 Å². The lowest BCUT2D eigenvalue weighted by Gasteiger charge is -2.46. The van der Waals surface area contributed by atoms with Gasteiger partial charge in [0.15, 0.2) is 11.5 Å². The topological polar surface area (TPSA) is 65.4 Å². The van der Waals surface area contributed by atoms with Crippen LogP contribution in [0.3, 0.4) is 0 Å². The molecule has 1 fully saturated rings. The Bertz CT molecular complexity index is 1280. The monoisotopic (exact) mass is 545 g/mol. The first-order valence-corrected chi connectivity index (χ1v) is 11.3. The summed E-state index contributed by atoms with van der Waals surface area (Å²) in [5.74, 6) is -1.55. The molecule has 4 rings (SSSR count). The number of nitrogens with zero attached hydrogens (tertiary/aromatic N) is 2. The Kier molecular flexibility index (Phi) is 6.27. The van der Waals surface area contributed by atoms with E-state index in [1.54, 1.807) is 0 Å². The number of alkyl halides is 4. The van der Waals surface area contributed by atoms with Gasteiger partial charge in [-0.3, -0.25) is 15.1 Å². The molecule has 2 aliphatic rings. The van der Waals surface area contributed by atoms with Gasteiger partial charge in [0, 0.05) is 5.56 Å². The summed E-state index contributed by atoms with van der Waals surface area (Å²) in [5.41, 5.74) is -4.03. The average molecular weight is 546 g/mol. The Morgan fingerprint density at radius 2 is 1.67 bits per heavy atom. The van der Waals surface area contributed by atoms with E-state index in [1.165, 1.54) is 43.0 Å². The Morgan fingerprint density at radius 3 is 2.17 bits per heavy atom. The maximum atomic E-state index is 15.3. The highest BCUT2D eigenvalue weighted by Gasteiger charge is 2.60. The van der Waals surface area contributed by atoms with Crippen LogP contribution in [-0.2, 0) is 20.9 Å². The molecule has 1 amide bonds. The number of amides is 1. The van der Waals surface area contributed by atoms with Crippen LogP contribution in [-0.4, -0.2) is 30.1 Å². The van der Waals surface area contributed by atoms with Crippen molar-refractivity contribution in [3.8, 4) is 6.07 Å². The van der Waals surface area contributed by atoms with Gasteiger partial charge in [0.05, 0.1) is 34.9 Å². The van der Waals surface area contributed by atoms with Crippen LogP contribution in [0.4, 0.5) is 22.0 Å². The summed E-state index contributed by atoms with van der Waals surface area (Å²) in [6.45, 7) is 2.40. The number of hydrogen-bond donors (Lipinski definition) is 1. The third kappa shape index (κ3) is 4.19. The van der Waals surface area contributed by atoms with E-state index in [1.807, 2.05) is 6.07 Å². The van der Waals surface area contributed by atoms with E-state index in [0.717, 1.165) is 18.2 Å². The zero-order valence-electron chi connectivity index (χ0n) is 18.8. The first-order valence-electron chi connectivity index (χ1n) is 10.5. The van der Waals surface area contributed by atoms with Gasteiger partial charge in [-0.25, -0.2) is 8.78 Å². The van der Waals surface area contributed by atoms with Gasteiger partial charge in [0.25, 0.3) is 0 Å². The number of halogens is 7. The van der Waals surface area contributed by atoms with Gasteiger partial charge in [0.1, 0.15) is 5.41 Å². The van der Waals surface area contributed by atoms with Crippen LogP contribution in [0.15, 0.2) is 42.5 Å². The molecule has 1 saturated heterocycles. The molecular weight excluding hydrogens is 528 g/mol. The molecule has 2 aromatic carbocycles. The molecule has 0 bridgehead atoms. The number of benzene rings is 2. The first kappa shape index (κ1) is 26.2. The lowest BCUT2D eigenvalue weighted by atomic mass is 9.84. The molecule has 1 N–H and O–H groups in total. The van der Waals surface area contributed by atoms with Crippen LogP contribution in [0, 0.1) is 22.6 Å². The number of likely N-dealkylation sites (tertiary alicyclic amines) is 1. The molecule has 1 atom stereocenters. The molecule has 36 heavy (non-hydrogen) atoms. The number of nitrogens with one attached hydrogen (secondary N) is 1. The van der Waals surface area contributed by atoms with E-state index in [0.29, 0.717) is 0 Å². The van der Waals surface area contributed by atoms with Crippen molar-refractivity contribution < 1.29 is 31.6 Å². The lowest BCUT2D eigenvalue weighted by Crippen LogP contribution is -2.61. The van der Waals surface area contributed by atoms with Gasteiger partial charge < -0.3 is 4.90 Å². The highest BCUT2D eigenvalue weighted by Crippen LogP contribution is 2.49. The summed E-state index contributed by atoms with van der Waals surface area (Å²) in [6.07, 6.45) is -4.21. The predicted octanol–water partition coefficient (Wildman–Crippen LogP) is 6.02. The van der Waals surface area contributed by atoms with Gasteiger partial charge in [-0.15, -0.1) is 0 Å². The van der Waals surface area contributed by atoms with E-state index >= 15 is 4.39 Å². The fourth-order valence-corrected chi connectivity index (χ4v) is 4.52. The van der Waals surface area contributed by atoms with E-state index in [2.05, 4.69) is 5.48 Å². The minimum Gasteiger partial charge on any atom is -0.334 e. The number of hydrogen-bond acceptors (Lipinski definition) is 4. The number of hydroxylamine groups is 1. The van der Waals surface area contributed by atoms with Crippen LogP contribution in [0.5, 0.6) is 0 Å². The summed E-state index contributed by atoms with van der Waals surface area (Å²) in [7, 11) is 0. The minimum absolute atomic E-state index is 0.0652. The van der Waals surface area contributed by atoms with Crippen molar-refractivity contribution in [2.75, 3.05) is 13.1 Å². The average Bonchev–Trinajstić information content (AvgIpc) is 3.27. The number of nitriles is 1. The van der Waals surface area contributed by atoms with Crippen LogP contribution < -0.4 is 5.48 Å². The molecule has 0 radical (unpaired) electrons. The SMILES string of the molecule is CC(C)(C#N)C(=O)N1CC(F)(c2ccc(C3=CC(c4cc(Cl)c(F)c(Cl)c4)(C(F)(F)F)ON3)cc2)C1. The summed E-state index contributed by atoms with van der Waals surface area (Å²) in [4.78, 5) is 18.5. The quantitative estimate of drug-likeness (QED) is 0.376. The van der Waals surface area contributed by atoms with Crippen molar-refractivity contribution in [2.24, 2.45) is 5.41 Å². The second-order valence-corrected chi connectivity index (χ2v) is 10.0. The van der Waals surface area contributed by atoms with Crippen LogP contribution in [0.1, 0.15) is 30.5 Å². The van der Waals surface area contributed by atoms with Crippen molar-refractivity contribution in [1.29, 1.82) is 5.26 Å². The second kappa shape index (κ2) is 8.61. The van der Waals surface area contributed by atoms with Crippen molar-refractivity contribution in [3.63, 3.8) is 0 Å². The third-order valence-electron chi connectivity index (χ3n) is 6.20. The molecule has 2 aromatic rings. The fraction of sp³-hybridized carbons (Fsp3) is 0.333. The lowest BCUT2D eigenvalue weighted by molar-refractivity contribution is -0.269. The summed E-state index contributed by atoms with van der Waals surface area (Å²) in [6, 6.07) is 9.05. The van der Waals surface area contributed by atoms with Crippen LogP contribution in [0.25, 0.3) is 5.70 Å². The largest absolute Gasteiger partial charge is 0.428 e. The van der Waals surface area contributed by atoms with Crippen molar-refractivity contribution >= 4 is 34.8 Å². The van der Waals surface area contributed by atoms with Crippen molar-refractivity contribution in [2.45, 2.75) is 31.3 Å². The maximum absolute atomic E-state index is 15.3.